The summed E-state index contributed by atoms with van der Waals surface area (Å²) in [6.45, 7) is 3.73. The average Bonchev–Trinajstić information content (AvgIpc) is 3.00. The van der Waals surface area contributed by atoms with Gasteiger partial charge in [-0.2, -0.15) is 8.78 Å². The second-order valence-corrected chi connectivity index (χ2v) is 12.3. The van der Waals surface area contributed by atoms with Crippen LogP contribution in [0.4, 0.5) is 26.3 Å². The van der Waals surface area contributed by atoms with Gasteiger partial charge in [0.15, 0.2) is 23.7 Å². The molecular weight excluding hydrogens is 570 g/mol. The summed E-state index contributed by atoms with van der Waals surface area (Å²) in [5, 5.41) is 0. The summed E-state index contributed by atoms with van der Waals surface area (Å²) in [6, 6.07) is 6.06. The summed E-state index contributed by atoms with van der Waals surface area (Å²) in [6.07, 6.45) is 6.25. The summed E-state index contributed by atoms with van der Waals surface area (Å²) in [4.78, 5) is 0. The van der Waals surface area contributed by atoms with Crippen molar-refractivity contribution >= 4 is 0 Å². The van der Waals surface area contributed by atoms with Crippen LogP contribution in [0, 0.1) is 35.1 Å². The number of halogens is 6. The van der Waals surface area contributed by atoms with Gasteiger partial charge in [-0.25, -0.2) is 17.6 Å². The van der Waals surface area contributed by atoms with Gasteiger partial charge in [-0.05, 0) is 80.4 Å². The van der Waals surface area contributed by atoms with Crippen molar-refractivity contribution in [3.8, 4) is 5.75 Å². The normalized spacial score (nSPS) is 26.7. The van der Waals surface area contributed by atoms with E-state index in [0.29, 0.717) is 29.5 Å². The van der Waals surface area contributed by atoms with E-state index in [1.165, 1.54) is 25.3 Å². The lowest BCUT2D eigenvalue weighted by Crippen LogP contribution is -2.38. The zero-order valence-corrected chi connectivity index (χ0v) is 24.5. The van der Waals surface area contributed by atoms with E-state index in [2.05, 4.69) is 11.7 Å². The number of hydrogen-bond donors (Lipinski definition) is 0. The minimum atomic E-state index is -3.84. The maximum atomic E-state index is 15.3. The first kappa shape index (κ1) is 31.9. The summed E-state index contributed by atoms with van der Waals surface area (Å²) in [7, 11) is 0. The van der Waals surface area contributed by atoms with Crippen LogP contribution in [0.15, 0.2) is 42.0 Å². The van der Waals surface area contributed by atoms with Crippen LogP contribution in [0.3, 0.4) is 0 Å². The monoisotopic (exact) mass is 610 g/mol. The van der Waals surface area contributed by atoms with E-state index < -0.39 is 29.3 Å². The van der Waals surface area contributed by atoms with Gasteiger partial charge < -0.3 is 14.2 Å². The second kappa shape index (κ2) is 14.1. The molecule has 3 nitrogen and oxygen atoms in total. The zero-order chi connectivity index (χ0) is 30.6. The Bertz CT molecular complexity index is 1240. The largest absolute Gasteiger partial charge is 0.429 e. The third-order valence-electron chi connectivity index (χ3n) is 9.29. The molecule has 2 fully saturated rings. The highest BCUT2D eigenvalue weighted by Crippen LogP contribution is 2.43. The van der Waals surface area contributed by atoms with Crippen LogP contribution in [0.1, 0.15) is 101 Å². The van der Waals surface area contributed by atoms with Crippen molar-refractivity contribution in [3.05, 3.63) is 76.4 Å². The molecule has 1 saturated carbocycles. The Morgan fingerprint density at radius 1 is 0.837 bits per heavy atom. The Morgan fingerprint density at radius 2 is 1.53 bits per heavy atom. The maximum Gasteiger partial charge on any atom is 0.422 e. The number of unbranched alkanes of at least 4 members (excludes halogenated alkanes) is 2. The SMILES string of the molecule is CCCCCC1COC(C2CCC(c3ccc(C4CC=C(C(F)(F)Oc5cc(F)c(F)c(F)c5)CC4)c(F)c3)CC2)OC1. The van der Waals surface area contributed by atoms with Crippen molar-refractivity contribution in [3.63, 3.8) is 0 Å². The molecule has 5 rings (SSSR count). The molecule has 1 unspecified atom stereocenters. The van der Waals surface area contributed by atoms with Crippen LogP contribution in [0.25, 0.3) is 0 Å². The van der Waals surface area contributed by atoms with Crippen molar-refractivity contribution in [2.24, 2.45) is 11.8 Å². The van der Waals surface area contributed by atoms with Gasteiger partial charge in [0, 0.05) is 29.5 Å². The van der Waals surface area contributed by atoms with Crippen molar-refractivity contribution in [1.29, 1.82) is 0 Å². The fourth-order valence-corrected chi connectivity index (χ4v) is 6.72. The van der Waals surface area contributed by atoms with Gasteiger partial charge in [-0.3, -0.25) is 0 Å². The van der Waals surface area contributed by atoms with Gasteiger partial charge in [0.25, 0.3) is 0 Å². The highest BCUT2D eigenvalue weighted by molar-refractivity contribution is 5.32. The van der Waals surface area contributed by atoms with Gasteiger partial charge in [0.2, 0.25) is 0 Å². The highest BCUT2D eigenvalue weighted by atomic mass is 19.3. The fourth-order valence-electron chi connectivity index (χ4n) is 6.72. The molecule has 2 aromatic rings. The van der Waals surface area contributed by atoms with E-state index in [1.807, 2.05) is 6.07 Å². The summed E-state index contributed by atoms with van der Waals surface area (Å²) in [5.41, 5.74) is 1.07. The summed E-state index contributed by atoms with van der Waals surface area (Å²) in [5.74, 6) is -5.34. The van der Waals surface area contributed by atoms with Gasteiger partial charge >= 0.3 is 6.11 Å². The third-order valence-corrected chi connectivity index (χ3v) is 9.29. The highest BCUT2D eigenvalue weighted by Gasteiger charge is 2.39. The Hall–Kier alpha value is -2.52. The number of ether oxygens (including phenoxy) is 3. The Labute approximate surface area is 249 Å². The lowest BCUT2D eigenvalue weighted by Gasteiger charge is -2.38. The molecule has 0 bridgehead atoms. The predicted octanol–water partition coefficient (Wildman–Crippen LogP) is 9.95. The van der Waals surface area contributed by atoms with E-state index in [4.69, 9.17) is 9.47 Å². The smallest absolute Gasteiger partial charge is 0.422 e. The van der Waals surface area contributed by atoms with E-state index in [-0.39, 0.29) is 48.8 Å². The van der Waals surface area contributed by atoms with E-state index in [9.17, 15) is 22.0 Å². The Kier molecular flexibility index (Phi) is 10.4. The first-order valence-corrected chi connectivity index (χ1v) is 15.6. The quantitative estimate of drug-likeness (QED) is 0.116. The molecule has 1 saturated heterocycles. The molecular formula is C34H40F6O3. The van der Waals surface area contributed by atoms with Crippen LogP contribution < -0.4 is 4.74 Å². The predicted molar refractivity (Wildman–Crippen MR) is 151 cm³/mol. The number of alkyl halides is 2. The molecule has 0 N–H and O–H groups in total. The molecule has 1 atom stereocenters. The first-order valence-electron chi connectivity index (χ1n) is 15.6. The van der Waals surface area contributed by atoms with Crippen LogP contribution in [0.5, 0.6) is 5.75 Å². The van der Waals surface area contributed by atoms with Crippen LogP contribution in [0.2, 0.25) is 0 Å². The molecule has 9 heteroatoms. The summed E-state index contributed by atoms with van der Waals surface area (Å²) < 4.78 is 101. The minimum absolute atomic E-state index is 0.0835. The number of benzene rings is 2. The fraction of sp³-hybridized carbons (Fsp3) is 0.588. The van der Waals surface area contributed by atoms with Gasteiger partial charge in [0.1, 0.15) is 11.6 Å². The molecule has 236 valence electrons. The molecule has 2 aromatic carbocycles. The van der Waals surface area contributed by atoms with Crippen molar-refractivity contribution in [2.45, 2.75) is 102 Å². The van der Waals surface area contributed by atoms with Gasteiger partial charge in [-0.15, -0.1) is 0 Å². The molecule has 2 aliphatic carbocycles. The van der Waals surface area contributed by atoms with Crippen molar-refractivity contribution in [2.75, 3.05) is 13.2 Å². The first-order chi connectivity index (χ1) is 20.6. The molecule has 0 aromatic heterocycles. The zero-order valence-electron chi connectivity index (χ0n) is 24.5. The number of allylic oxidation sites excluding steroid dienone is 1. The molecule has 1 aliphatic heterocycles. The van der Waals surface area contributed by atoms with E-state index in [1.54, 1.807) is 12.1 Å². The van der Waals surface area contributed by atoms with Crippen LogP contribution in [-0.2, 0) is 9.47 Å². The molecule has 43 heavy (non-hydrogen) atoms. The minimum Gasteiger partial charge on any atom is -0.429 e. The number of rotatable bonds is 10. The van der Waals surface area contributed by atoms with Gasteiger partial charge in [-0.1, -0.05) is 44.4 Å². The molecule has 1 heterocycles. The maximum absolute atomic E-state index is 15.3. The lowest BCUT2D eigenvalue weighted by atomic mass is 9.77. The standard InChI is InChI=1S/C34H40F6O3/c1-2-3-4-5-21-19-41-33(42-20-21)24-8-6-22(7-9-24)25-12-15-28(29(35)16-25)23-10-13-26(14-11-23)34(39,40)43-27-17-30(36)32(38)31(37)18-27/h12-13,15-18,21-24,33H,2-11,14,19-20H2,1H3. The van der Waals surface area contributed by atoms with E-state index >= 15 is 4.39 Å². The summed E-state index contributed by atoms with van der Waals surface area (Å²) >= 11 is 0. The molecule has 0 spiro atoms. The Morgan fingerprint density at radius 3 is 2.14 bits per heavy atom. The van der Waals surface area contributed by atoms with Crippen molar-refractivity contribution < 1.29 is 40.6 Å². The van der Waals surface area contributed by atoms with Crippen molar-refractivity contribution in [1.82, 2.24) is 0 Å². The average molecular weight is 611 g/mol. The lowest BCUT2D eigenvalue weighted by molar-refractivity contribution is -0.229. The molecule has 3 aliphatic rings. The molecule has 0 radical (unpaired) electrons. The van der Waals surface area contributed by atoms with Crippen LogP contribution in [-0.4, -0.2) is 25.6 Å². The second-order valence-electron chi connectivity index (χ2n) is 12.3. The third kappa shape index (κ3) is 7.77. The topological polar surface area (TPSA) is 27.7 Å². The number of hydrogen-bond acceptors (Lipinski definition) is 3. The Balaban J connectivity index is 1.12. The van der Waals surface area contributed by atoms with Crippen LogP contribution >= 0.6 is 0 Å². The molecule has 0 amide bonds. The van der Waals surface area contributed by atoms with Gasteiger partial charge in [0.05, 0.1) is 13.2 Å². The van der Waals surface area contributed by atoms with E-state index in [0.717, 1.165) is 50.9 Å².